The van der Waals surface area contributed by atoms with Gasteiger partial charge in [0.1, 0.15) is 11.5 Å². The Balaban J connectivity index is 0.861. The molecule has 7 aromatic heterocycles. The first-order valence-corrected chi connectivity index (χ1v) is 31.9. The minimum Gasteiger partial charge on any atom is -0.457 e. The number of fused-ring (bicyclic) bond motifs is 24. The van der Waals surface area contributed by atoms with Gasteiger partial charge in [0, 0.05) is 99.9 Å². The van der Waals surface area contributed by atoms with Gasteiger partial charge < -0.3 is 27.6 Å². The average Bonchev–Trinajstić information content (AvgIpc) is 1.56. The summed E-state index contributed by atoms with van der Waals surface area (Å²) in [5.41, 5.74) is 20.6. The highest BCUT2D eigenvalue weighted by Crippen LogP contribution is 2.63. The summed E-state index contributed by atoms with van der Waals surface area (Å²) >= 11 is 0. The van der Waals surface area contributed by atoms with Crippen molar-refractivity contribution in [2.75, 3.05) is 0 Å². The molecule has 1 spiro atoms. The predicted molar refractivity (Wildman–Crippen MR) is 382 cm³/mol. The summed E-state index contributed by atoms with van der Waals surface area (Å²) in [4.78, 5) is 15.1. The van der Waals surface area contributed by atoms with E-state index >= 15 is 0 Å². The summed E-state index contributed by atoms with van der Waals surface area (Å²) in [5, 5.41) is 21.6. The van der Waals surface area contributed by atoms with Gasteiger partial charge in [-0.3, -0.25) is 9.97 Å². The standard InChI is InChI=1S/C85H47N9O/c1-87-51-31-38-79-65(41-51)63-22-8-15-29-77(63)94(79)56-44-70-84(89-49-56)83-69(43-55(48-88-83)93-75-27-13-6-20-61(75)62-21-7-14-28-76(62)93)85(70)67-35-32-53(91-73-25-11-4-18-59(73)60-19-5-12-26-74(60)91)45-81(67)95-82-46-54(33-36-68(82)85)92-78-37-30-50(47-86)40-64(78)66-42-52(34-39-80(66)92)90-71-23-9-2-16-57(71)58-17-3-10-24-72(58)90/h2-46,48-49H. The number of hydrogen-bond donors (Lipinski definition) is 0. The Bertz CT molecular complexity index is 6590. The molecule has 0 radical (unpaired) electrons. The zero-order valence-corrected chi connectivity index (χ0v) is 50.6. The van der Waals surface area contributed by atoms with E-state index in [1.165, 1.54) is 21.5 Å². The lowest BCUT2D eigenvalue weighted by molar-refractivity contribution is 0.436. The lowest BCUT2D eigenvalue weighted by atomic mass is 9.66. The summed E-state index contributed by atoms with van der Waals surface area (Å²) in [7, 11) is 0. The summed E-state index contributed by atoms with van der Waals surface area (Å²) in [6.07, 6.45) is 4.00. The maximum absolute atomic E-state index is 10.5. The third kappa shape index (κ3) is 6.83. The minimum atomic E-state index is -1.09. The molecule has 0 bridgehead atoms. The van der Waals surface area contributed by atoms with Gasteiger partial charge in [-0.25, -0.2) is 4.85 Å². The number of aromatic nitrogens is 7. The number of nitriles is 1. The fraction of sp³-hybridized carbons (Fsp3) is 0.0118. The van der Waals surface area contributed by atoms with Gasteiger partial charge in [-0.1, -0.05) is 146 Å². The van der Waals surface area contributed by atoms with E-state index in [1.54, 1.807) is 0 Å². The quantitative estimate of drug-likeness (QED) is 0.161. The number of pyridine rings is 2. The van der Waals surface area contributed by atoms with Crippen LogP contribution in [0, 0.1) is 17.9 Å². The van der Waals surface area contributed by atoms with Crippen molar-refractivity contribution in [2.24, 2.45) is 0 Å². The molecular formula is C85H47N9O. The number of ether oxygens (including phenoxy) is 1. The van der Waals surface area contributed by atoms with Crippen LogP contribution in [0.2, 0.25) is 0 Å². The number of para-hydroxylation sites is 7. The number of nitrogens with zero attached hydrogens (tertiary/aromatic N) is 9. The zero-order chi connectivity index (χ0) is 62.4. The normalized spacial score (nSPS) is 14.0. The van der Waals surface area contributed by atoms with Crippen molar-refractivity contribution in [2.45, 2.75) is 5.41 Å². The number of benzene rings is 12. The van der Waals surface area contributed by atoms with Crippen LogP contribution in [-0.4, -0.2) is 32.8 Å². The molecule has 1 unspecified atom stereocenters. The van der Waals surface area contributed by atoms with E-state index in [2.05, 4.69) is 282 Å². The molecule has 19 aromatic rings. The first-order valence-electron chi connectivity index (χ1n) is 31.9. The van der Waals surface area contributed by atoms with E-state index in [0.29, 0.717) is 22.7 Å². The molecule has 2 aliphatic rings. The van der Waals surface area contributed by atoms with Crippen molar-refractivity contribution >= 4 is 115 Å². The van der Waals surface area contributed by atoms with Gasteiger partial charge in [-0.05, 0) is 121 Å². The summed E-state index contributed by atoms with van der Waals surface area (Å²) in [6.45, 7) is 8.03. The molecule has 10 heteroatoms. The second kappa shape index (κ2) is 18.9. The first kappa shape index (κ1) is 51.5. The van der Waals surface area contributed by atoms with E-state index < -0.39 is 5.41 Å². The topological polar surface area (TPSA) is 87.8 Å². The molecule has 438 valence electrons. The molecular weight excluding hydrogens is 1160 g/mol. The third-order valence-corrected chi connectivity index (χ3v) is 20.4. The number of hydrogen-bond acceptors (Lipinski definition) is 4. The van der Waals surface area contributed by atoms with Crippen molar-refractivity contribution < 1.29 is 4.74 Å². The maximum atomic E-state index is 10.5. The van der Waals surface area contributed by atoms with E-state index in [-0.39, 0.29) is 0 Å². The van der Waals surface area contributed by atoms with E-state index in [4.69, 9.17) is 21.3 Å². The molecule has 10 nitrogen and oxygen atoms in total. The Hall–Kier alpha value is -13.3. The second-order valence-electron chi connectivity index (χ2n) is 25.0. The molecule has 12 aromatic carbocycles. The Morgan fingerprint density at radius 2 is 0.642 bits per heavy atom. The van der Waals surface area contributed by atoms with Crippen LogP contribution in [0.5, 0.6) is 11.5 Å². The highest BCUT2D eigenvalue weighted by molar-refractivity contribution is 6.15. The van der Waals surface area contributed by atoms with Crippen molar-refractivity contribution in [1.29, 1.82) is 5.26 Å². The maximum Gasteiger partial charge on any atom is 0.188 e. The molecule has 0 N–H and O–H groups in total. The monoisotopic (exact) mass is 1210 g/mol. The molecule has 95 heavy (non-hydrogen) atoms. The largest absolute Gasteiger partial charge is 0.457 e. The molecule has 0 amide bonds. The van der Waals surface area contributed by atoms with Crippen LogP contribution in [-0.2, 0) is 5.41 Å². The van der Waals surface area contributed by atoms with Crippen molar-refractivity contribution in [3.05, 3.63) is 325 Å². The molecule has 21 rings (SSSR count). The molecule has 0 saturated heterocycles. The van der Waals surface area contributed by atoms with Crippen LogP contribution in [0.4, 0.5) is 5.69 Å². The lowest BCUT2D eigenvalue weighted by Crippen LogP contribution is -2.32. The van der Waals surface area contributed by atoms with Crippen molar-refractivity contribution in [1.82, 2.24) is 32.8 Å². The Morgan fingerprint density at radius 3 is 1.05 bits per heavy atom. The Kier molecular flexibility index (Phi) is 10.2. The van der Waals surface area contributed by atoms with Gasteiger partial charge in [-0.15, -0.1) is 0 Å². The van der Waals surface area contributed by atoms with Crippen LogP contribution < -0.4 is 4.74 Å². The van der Waals surface area contributed by atoms with Crippen LogP contribution >= 0.6 is 0 Å². The van der Waals surface area contributed by atoms with Gasteiger partial charge in [0.25, 0.3) is 0 Å². The molecule has 0 saturated carbocycles. The Labute approximate surface area is 541 Å². The molecule has 1 aliphatic carbocycles. The number of rotatable bonds is 5. The van der Waals surface area contributed by atoms with E-state index in [9.17, 15) is 5.26 Å². The van der Waals surface area contributed by atoms with Crippen molar-refractivity contribution in [3.8, 4) is 57.4 Å². The fourth-order valence-corrected chi connectivity index (χ4v) is 16.6. The SMILES string of the molecule is [C-]#[N+]c1ccc2c(c1)c1ccccc1n2-c1cnc2c(c1)C1(c3ccc(-n4c5ccccc5c5ccccc54)cc3Oc3cc(-n4c5ccc(C#N)cc5c5cc(-n6c7ccccc7c7ccccc76)ccc54)ccc31)c1cc(-n3c4ccccc4c4ccccc43)cnc1-2. The van der Waals surface area contributed by atoms with Crippen molar-refractivity contribution in [3.63, 3.8) is 0 Å². The summed E-state index contributed by atoms with van der Waals surface area (Å²) in [6, 6.07) is 99.5. The predicted octanol–water partition coefficient (Wildman–Crippen LogP) is 20.9. The van der Waals surface area contributed by atoms with Gasteiger partial charge in [0.05, 0.1) is 114 Å². The Morgan fingerprint density at radius 1 is 0.316 bits per heavy atom. The first-order chi connectivity index (χ1) is 47.0. The van der Waals surface area contributed by atoms with E-state index in [1.807, 2.05) is 36.7 Å². The molecule has 1 atom stereocenters. The van der Waals surface area contributed by atoms with Crippen LogP contribution in [0.1, 0.15) is 27.8 Å². The zero-order valence-electron chi connectivity index (χ0n) is 50.6. The minimum absolute atomic E-state index is 0.582. The fourth-order valence-electron chi connectivity index (χ4n) is 16.6. The van der Waals surface area contributed by atoms with Gasteiger partial charge >= 0.3 is 0 Å². The lowest BCUT2D eigenvalue weighted by Gasteiger charge is -2.39. The molecule has 8 heterocycles. The van der Waals surface area contributed by atoms with Gasteiger partial charge in [0.15, 0.2) is 5.69 Å². The second-order valence-corrected chi connectivity index (χ2v) is 25.0. The highest BCUT2D eigenvalue weighted by Gasteiger charge is 2.53. The van der Waals surface area contributed by atoms with Crippen LogP contribution in [0.3, 0.4) is 0 Å². The summed E-state index contributed by atoms with van der Waals surface area (Å²) in [5.74, 6) is 1.37. The molecule has 1 aliphatic heterocycles. The summed E-state index contributed by atoms with van der Waals surface area (Å²) < 4.78 is 19.4. The molecule has 0 fully saturated rings. The van der Waals surface area contributed by atoms with Crippen LogP contribution in [0.25, 0.3) is 154 Å². The highest BCUT2D eigenvalue weighted by atomic mass is 16.5. The van der Waals surface area contributed by atoms with Gasteiger partial charge in [-0.2, -0.15) is 5.26 Å². The smallest absolute Gasteiger partial charge is 0.188 e. The van der Waals surface area contributed by atoms with Gasteiger partial charge in [0.2, 0.25) is 0 Å². The average molecular weight is 1210 g/mol. The van der Waals surface area contributed by atoms with Crippen LogP contribution in [0.15, 0.2) is 285 Å². The van der Waals surface area contributed by atoms with E-state index in [0.717, 1.165) is 150 Å². The third-order valence-electron chi connectivity index (χ3n) is 20.4.